The summed E-state index contributed by atoms with van der Waals surface area (Å²) in [6.45, 7) is 2.04. The summed E-state index contributed by atoms with van der Waals surface area (Å²) in [6.07, 6.45) is -3.57. The first kappa shape index (κ1) is 18.1. The summed E-state index contributed by atoms with van der Waals surface area (Å²) < 4.78 is 38.0. The number of rotatable bonds is 3. The number of nitrogens with zero attached hydrogens (tertiary/aromatic N) is 2. The van der Waals surface area contributed by atoms with Gasteiger partial charge in [0.25, 0.3) is 0 Å². The summed E-state index contributed by atoms with van der Waals surface area (Å²) in [5.74, 6) is 0.130. The lowest BCUT2D eigenvalue weighted by Crippen LogP contribution is -2.33. The van der Waals surface area contributed by atoms with Crippen LogP contribution >= 0.6 is 11.6 Å². The Hall–Kier alpha value is -2.21. The summed E-state index contributed by atoms with van der Waals surface area (Å²) in [5, 5.41) is -0.108. The van der Waals surface area contributed by atoms with E-state index in [1.807, 2.05) is 31.2 Å². The molecule has 0 atom stereocenters. The van der Waals surface area contributed by atoms with Crippen molar-refractivity contribution < 1.29 is 13.2 Å². The van der Waals surface area contributed by atoms with E-state index in [4.69, 9.17) is 17.3 Å². The zero-order valence-corrected chi connectivity index (χ0v) is 14.0. The first-order chi connectivity index (χ1) is 11.2. The summed E-state index contributed by atoms with van der Waals surface area (Å²) in [6, 6.07) is 10.7. The highest BCUT2D eigenvalue weighted by molar-refractivity contribution is 6.33. The number of aliphatic imine (C=N–C) groups is 1. The second-order valence-electron chi connectivity index (χ2n) is 5.22. The molecule has 128 valence electrons. The number of hydrogen-bond acceptors (Lipinski definition) is 1. The van der Waals surface area contributed by atoms with Crippen molar-refractivity contribution in [1.82, 2.24) is 0 Å². The number of guanidine groups is 1. The largest absolute Gasteiger partial charge is 0.416 e. The Balaban J connectivity index is 2.29. The Labute approximate surface area is 143 Å². The van der Waals surface area contributed by atoms with E-state index in [1.165, 1.54) is 6.07 Å². The third-order valence-electron chi connectivity index (χ3n) is 3.56. The van der Waals surface area contributed by atoms with E-state index >= 15 is 0 Å². The fourth-order valence-electron chi connectivity index (χ4n) is 2.09. The Bertz CT molecular complexity index is 757. The van der Waals surface area contributed by atoms with Gasteiger partial charge in [0.2, 0.25) is 5.96 Å². The molecule has 24 heavy (non-hydrogen) atoms. The second kappa shape index (κ2) is 7.13. The number of nitrogens with two attached hydrogens (primary N) is 1. The molecule has 3 nitrogen and oxygen atoms in total. The maximum atomic E-state index is 12.7. The minimum absolute atomic E-state index is 0.108. The van der Waals surface area contributed by atoms with Crippen molar-refractivity contribution in [3.63, 3.8) is 0 Å². The van der Waals surface area contributed by atoms with Gasteiger partial charge in [-0.15, -0.1) is 0 Å². The summed E-state index contributed by atoms with van der Waals surface area (Å²) in [5.41, 5.74) is 7.29. The molecule has 0 spiro atoms. The Morgan fingerprint density at radius 2 is 1.92 bits per heavy atom. The minimum Gasteiger partial charge on any atom is -0.369 e. The van der Waals surface area contributed by atoms with Crippen LogP contribution in [0.2, 0.25) is 5.02 Å². The highest BCUT2D eigenvalue weighted by Gasteiger charge is 2.30. The number of halogens is 4. The van der Waals surface area contributed by atoms with Gasteiger partial charge in [-0.1, -0.05) is 30.7 Å². The first-order valence-corrected chi connectivity index (χ1v) is 7.63. The second-order valence-corrected chi connectivity index (χ2v) is 5.62. The van der Waals surface area contributed by atoms with E-state index in [0.717, 1.165) is 29.8 Å². The quantitative estimate of drug-likeness (QED) is 0.621. The Morgan fingerprint density at radius 3 is 2.50 bits per heavy atom. The van der Waals surface area contributed by atoms with Gasteiger partial charge in [0, 0.05) is 12.7 Å². The van der Waals surface area contributed by atoms with Gasteiger partial charge in [0.05, 0.1) is 16.3 Å². The smallest absolute Gasteiger partial charge is 0.369 e. The van der Waals surface area contributed by atoms with E-state index in [0.29, 0.717) is 0 Å². The van der Waals surface area contributed by atoms with Crippen molar-refractivity contribution in [1.29, 1.82) is 0 Å². The van der Waals surface area contributed by atoms with Crippen LogP contribution in [0.4, 0.5) is 24.5 Å². The molecule has 0 bridgehead atoms. The number of alkyl halides is 3. The van der Waals surface area contributed by atoms with Crippen molar-refractivity contribution in [3.05, 3.63) is 58.6 Å². The van der Waals surface area contributed by atoms with Gasteiger partial charge in [-0.3, -0.25) is 0 Å². The summed E-state index contributed by atoms with van der Waals surface area (Å²) >= 11 is 5.90. The average Bonchev–Trinajstić information content (AvgIpc) is 2.55. The third-order valence-corrected chi connectivity index (χ3v) is 3.86. The van der Waals surface area contributed by atoms with E-state index < -0.39 is 11.7 Å². The van der Waals surface area contributed by atoms with E-state index in [9.17, 15) is 13.2 Å². The molecule has 0 radical (unpaired) electrons. The summed E-state index contributed by atoms with van der Waals surface area (Å²) in [7, 11) is 1.73. The maximum absolute atomic E-state index is 12.7. The van der Waals surface area contributed by atoms with Gasteiger partial charge in [-0.25, -0.2) is 4.99 Å². The SMILES string of the molecule is CCc1cccc(N(C)C(N)=Nc2ccc(C(F)(F)F)cc2Cl)c1. The average molecular weight is 356 g/mol. The fourth-order valence-corrected chi connectivity index (χ4v) is 2.31. The normalized spacial score (nSPS) is 12.3. The molecule has 0 unspecified atom stereocenters. The van der Waals surface area contributed by atoms with E-state index in [1.54, 1.807) is 11.9 Å². The molecule has 0 saturated carbocycles. The minimum atomic E-state index is -4.45. The monoisotopic (exact) mass is 355 g/mol. The molecular formula is C17H17ClF3N3. The van der Waals surface area contributed by atoms with Gasteiger partial charge >= 0.3 is 6.18 Å². The van der Waals surface area contributed by atoms with Crippen LogP contribution in [0.25, 0.3) is 0 Å². The zero-order valence-electron chi connectivity index (χ0n) is 13.2. The van der Waals surface area contributed by atoms with Gasteiger partial charge in [-0.2, -0.15) is 13.2 Å². The molecule has 0 aliphatic rings. The fraction of sp³-hybridized carbons (Fsp3) is 0.235. The van der Waals surface area contributed by atoms with Gasteiger partial charge in [-0.05, 0) is 42.3 Å². The Kier molecular flexibility index (Phi) is 5.39. The van der Waals surface area contributed by atoms with Crippen LogP contribution in [0.1, 0.15) is 18.1 Å². The van der Waals surface area contributed by atoms with E-state index in [-0.39, 0.29) is 16.7 Å². The molecular weight excluding hydrogens is 339 g/mol. The number of benzene rings is 2. The zero-order chi connectivity index (χ0) is 17.9. The third kappa shape index (κ3) is 4.20. The lowest BCUT2D eigenvalue weighted by molar-refractivity contribution is -0.137. The van der Waals surface area contributed by atoms with Crippen LogP contribution in [-0.2, 0) is 12.6 Å². The van der Waals surface area contributed by atoms with Crippen LogP contribution < -0.4 is 10.6 Å². The Morgan fingerprint density at radius 1 is 1.21 bits per heavy atom. The van der Waals surface area contributed by atoms with Crippen LogP contribution in [-0.4, -0.2) is 13.0 Å². The van der Waals surface area contributed by atoms with Crippen LogP contribution in [0.3, 0.4) is 0 Å². The number of hydrogen-bond donors (Lipinski definition) is 1. The van der Waals surface area contributed by atoms with Crippen molar-refractivity contribution in [2.24, 2.45) is 10.7 Å². The van der Waals surface area contributed by atoms with Crippen molar-refractivity contribution in [2.75, 3.05) is 11.9 Å². The maximum Gasteiger partial charge on any atom is 0.416 e. The van der Waals surface area contributed by atoms with Crippen molar-refractivity contribution in [3.8, 4) is 0 Å². The lowest BCUT2D eigenvalue weighted by atomic mass is 10.1. The molecule has 7 heteroatoms. The first-order valence-electron chi connectivity index (χ1n) is 7.26. The lowest BCUT2D eigenvalue weighted by Gasteiger charge is -2.19. The van der Waals surface area contributed by atoms with Crippen LogP contribution in [0, 0.1) is 0 Å². The molecule has 2 rings (SSSR count). The molecule has 0 fully saturated rings. The van der Waals surface area contributed by atoms with Crippen molar-refractivity contribution >= 4 is 28.9 Å². The number of aryl methyl sites for hydroxylation is 1. The topological polar surface area (TPSA) is 41.6 Å². The molecule has 0 amide bonds. The van der Waals surface area contributed by atoms with Crippen LogP contribution in [0.15, 0.2) is 47.5 Å². The van der Waals surface area contributed by atoms with Crippen molar-refractivity contribution in [2.45, 2.75) is 19.5 Å². The molecule has 0 aliphatic heterocycles. The van der Waals surface area contributed by atoms with Crippen LogP contribution in [0.5, 0.6) is 0 Å². The molecule has 2 N–H and O–H groups in total. The number of anilines is 1. The van der Waals surface area contributed by atoms with Gasteiger partial charge in [0.15, 0.2) is 0 Å². The molecule has 0 aromatic heterocycles. The van der Waals surface area contributed by atoms with E-state index in [2.05, 4.69) is 4.99 Å². The molecule has 0 aliphatic carbocycles. The highest BCUT2D eigenvalue weighted by Crippen LogP contribution is 2.34. The van der Waals surface area contributed by atoms with Gasteiger partial charge in [0.1, 0.15) is 0 Å². The predicted octanol–water partition coefficient (Wildman–Crippen LogP) is 5.00. The molecule has 2 aromatic rings. The predicted molar refractivity (Wildman–Crippen MR) is 92.0 cm³/mol. The molecule has 0 saturated heterocycles. The standard InChI is InChI=1S/C17H17ClF3N3/c1-3-11-5-4-6-13(9-11)24(2)16(22)23-15-8-7-12(10-14(15)18)17(19,20)21/h4-10H,3H2,1-2H3,(H2,22,23). The van der Waals surface area contributed by atoms with Gasteiger partial charge < -0.3 is 10.6 Å². The molecule has 0 heterocycles. The molecule has 2 aromatic carbocycles. The summed E-state index contributed by atoms with van der Waals surface area (Å²) in [4.78, 5) is 5.78. The highest BCUT2D eigenvalue weighted by atomic mass is 35.5.